The SMILES string of the molecule is C[Si](C)(C)CCOCn1ccnc1C(N)=O. The van der Waals surface area contributed by atoms with Crippen molar-refractivity contribution in [2.45, 2.75) is 32.4 Å². The van der Waals surface area contributed by atoms with Crippen LogP contribution in [-0.4, -0.2) is 30.1 Å². The lowest BCUT2D eigenvalue weighted by Crippen LogP contribution is -2.23. The van der Waals surface area contributed by atoms with Crippen LogP contribution in [0.1, 0.15) is 10.6 Å². The molecule has 1 rings (SSSR count). The number of hydrogen-bond donors (Lipinski definition) is 1. The van der Waals surface area contributed by atoms with E-state index in [-0.39, 0.29) is 5.82 Å². The number of nitrogens with zero attached hydrogens (tertiary/aromatic N) is 2. The Morgan fingerprint density at radius 3 is 2.81 bits per heavy atom. The normalized spacial score (nSPS) is 11.7. The molecule has 2 N–H and O–H groups in total. The molecular formula is C10H19N3O2Si. The summed E-state index contributed by atoms with van der Waals surface area (Å²) in [5.41, 5.74) is 5.16. The van der Waals surface area contributed by atoms with E-state index in [4.69, 9.17) is 10.5 Å². The third-order valence-corrected chi connectivity index (χ3v) is 3.87. The number of hydrogen-bond acceptors (Lipinski definition) is 3. The van der Waals surface area contributed by atoms with Crippen molar-refractivity contribution < 1.29 is 9.53 Å². The maximum Gasteiger partial charge on any atom is 0.284 e. The zero-order valence-electron chi connectivity index (χ0n) is 10.1. The fourth-order valence-corrected chi connectivity index (χ4v) is 1.94. The molecule has 6 heteroatoms. The van der Waals surface area contributed by atoms with Crippen LogP contribution in [0.15, 0.2) is 12.4 Å². The molecule has 1 aromatic rings. The number of carbonyl (C=O) groups excluding carboxylic acids is 1. The van der Waals surface area contributed by atoms with Gasteiger partial charge in [-0.3, -0.25) is 4.79 Å². The summed E-state index contributed by atoms with van der Waals surface area (Å²) in [6.07, 6.45) is 3.23. The number of aromatic nitrogens is 2. The van der Waals surface area contributed by atoms with Crippen molar-refractivity contribution in [3.63, 3.8) is 0 Å². The Balaban J connectivity index is 2.38. The predicted octanol–water partition coefficient (Wildman–Crippen LogP) is 1.29. The van der Waals surface area contributed by atoms with Gasteiger partial charge in [0.2, 0.25) is 5.82 Å². The summed E-state index contributed by atoms with van der Waals surface area (Å²) in [6.45, 7) is 7.93. The third-order valence-electron chi connectivity index (χ3n) is 2.16. The summed E-state index contributed by atoms with van der Waals surface area (Å²) in [7, 11) is -1.06. The molecule has 1 amide bonds. The van der Waals surface area contributed by atoms with Gasteiger partial charge in [-0.2, -0.15) is 0 Å². The highest BCUT2D eigenvalue weighted by atomic mass is 28.3. The predicted molar refractivity (Wildman–Crippen MR) is 64.8 cm³/mol. The summed E-state index contributed by atoms with van der Waals surface area (Å²) < 4.78 is 7.11. The molecule has 16 heavy (non-hydrogen) atoms. The van der Waals surface area contributed by atoms with Crippen LogP contribution in [-0.2, 0) is 11.5 Å². The lowest BCUT2D eigenvalue weighted by molar-refractivity contribution is 0.0801. The second kappa shape index (κ2) is 5.27. The van der Waals surface area contributed by atoms with Crippen LogP contribution >= 0.6 is 0 Å². The number of rotatable bonds is 6. The zero-order chi connectivity index (χ0) is 12.2. The molecule has 0 aliphatic heterocycles. The molecule has 90 valence electrons. The number of imidazole rings is 1. The highest BCUT2D eigenvalue weighted by Crippen LogP contribution is 2.08. The van der Waals surface area contributed by atoms with Crippen molar-refractivity contribution in [2.75, 3.05) is 6.61 Å². The maximum absolute atomic E-state index is 11.0. The Bertz CT molecular complexity index is 357. The average molecular weight is 241 g/mol. The smallest absolute Gasteiger partial charge is 0.284 e. The van der Waals surface area contributed by atoms with Gasteiger partial charge in [0, 0.05) is 27.1 Å². The van der Waals surface area contributed by atoms with Crippen molar-refractivity contribution in [1.29, 1.82) is 0 Å². The van der Waals surface area contributed by atoms with E-state index in [0.717, 1.165) is 6.04 Å². The largest absolute Gasteiger partial charge is 0.363 e. The molecule has 1 heterocycles. The van der Waals surface area contributed by atoms with Crippen LogP contribution in [0.3, 0.4) is 0 Å². The zero-order valence-corrected chi connectivity index (χ0v) is 11.1. The lowest BCUT2D eigenvalue weighted by Gasteiger charge is -2.15. The molecular weight excluding hydrogens is 222 g/mol. The first-order valence-electron chi connectivity index (χ1n) is 5.29. The van der Waals surface area contributed by atoms with Crippen LogP contribution < -0.4 is 5.73 Å². The van der Waals surface area contributed by atoms with Crippen LogP contribution in [0.5, 0.6) is 0 Å². The van der Waals surface area contributed by atoms with E-state index >= 15 is 0 Å². The summed E-state index contributed by atoms with van der Waals surface area (Å²) >= 11 is 0. The van der Waals surface area contributed by atoms with Crippen molar-refractivity contribution in [3.05, 3.63) is 18.2 Å². The molecule has 0 spiro atoms. The van der Waals surface area contributed by atoms with E-state index in [0.29, 0.717) is 13.3 Å². The van der Waals surface area contributed by atoms with Gasteiger partial charge < -0.3 is 15.0 Å². The summed E-state index contributed by atoms with van der Waals surface area (Å²) in [4.78, 5) is 14.8. The second-order valence-electron chi connectivity index (χ2n) is 4.93. The second-order valence-corrected chi connectivity index (χ2v) is 10.6. The highest BCUT2D eigenvalue weighted by molar-refractivity contribution is 6.76. The number of nitrogens with two attached hydrogens (primary N) is 1. The Labute approximate surface area is 96.6 Å². The quantitative estimate of drug-likeness (QED) is 0.602. The van der Waals surface area contributed by atoms with Gasteiger partial charge in [-0.1, -0.05) is 19.6 Å². The van der Waals surface area contributed by atoms with Gasteiger partial charge in [-0.05, 0) is 6.04 Å². The first-order valence-corrected chi connectivity index (χ1v) is 8.99. The van der Waals surface area contributed by atoms with Gasteiger partial charge >= 0.3 is 0 Å². The van der Waals surface area contributed by atoms with Crippen LogP contribution in [0.25, 0.3) is 0 Å². The molecule has 5 nitrogen and oxygen atoms in total. The Morgan fingerprint density at radius 2 is 2.25 bits per heavy atom. The molecule has 0 aromatic carbocycles. The molecule has 0 atom stereocenters. The average Bonchev–Trinajstić information content (AvgIpc) is 2.58. The van der Waals surface area contributed by atoms with Crippen LogP contribution in [0.2, 0.25) is 25.7 Å². The third kappa shape index (κ3) is 4.16. The van der Waals surface area contributed by atoms with Gasteiger partial charge in [0.1, 0.15) is 6.73 Å². The van der Waals surface area contributed by atoms with Crippen molar-refractivity contribution in [2.24, 2.45) is 5.73 Å². The van der Waals surface area contributed by atoms with E-state index in [9.17, 15) is 4.79 Å². The summed E-state index contributed by atoms with van der Waals surface area (Å²) in [6, 6.07) is 1.10. The van der Waals surface area contributed by atoms with Gasteiger partial charge in [0.05, 0.1) is 0 Å². The number of amides is 1. The first kappa shape index (κ1) is 12.9. The maximum atomic E-state index is 11.0. The monoisotopic (exact) mass is 241 g/mol. The van der Waals surface area contributed by atoms with Gasteiger partial charge in [0.25, 0.3) is 5.91 Å². The first-order chi connectivity index (χ1) is 7.40. The van der Waals surface area contributed by atoms with Gasteiger partial charge in [-0.25, -0.2) is 4.98 Å². The van der Waals surface area contributed by atoms with E-state index in [2.05, 4.69) is 24.6 Å². The van der Waals surface area contributed by atoms with Gasteiger partial charge in [0.15, 0.2) is 0 Å². The van der Waals surface area contributed by atoms with Crippen molar-refractivity contribution in [3.8, 4) is 0 Å². The topological polar surface area (TPSA) is 70.1 Å². The molecule has 0 aliphatic rings. The van der Waals surface area contributed by atoms with E-state index in [1.54, 1.807) is 17.0 Å². The Morgan fingerprint density at radius 1 is 1.56 bits per heavy atom. The van der Waals surface area contributed by atoms with Crippen LogP contribution in [0, 0.1) is 0 Å². The molecule has 0 bridgehead atoms. The van der Waals surface area contributed by atoms with Crippen molar-refractivity contribution in [1.82, 2.24) is 9.55 Å². The fraction of sp³-hybridized carbons (Fsp3) is 0.600. The minimum atomic E-state index is -1.06. The Hall–Kier alpha value is -1.14. The van der Waals surface area contributed by atoms with E-state index < -0.39 is 14.0 Å². The molecule has 1 aromatic heterocycles. The molecule has 0 saturated carbocycles. The minimum absolute atomic E-state index is 0.244. The fourth-order valence-electron chi connectivity index (χ4n) is 1.18. The van der Waals surface area contributed by atoms with E-state index in [1.165, 1.54) is 0 Å². The molecule has 0 aliphatic carbocycles. The lowest BCUT2D eigenvalue weighted by atomic mass is 10.6. The number of carbonyl (C=O) groups is 1. The standard InChI is InChI=1S/C10H19N3O2Si/c1-16(2,3)7-6-15-8-13-5-4-12-10(13)9(11)14/h4-5H,6-8H2,1-3H3,(H2,11,14). The Kier molecular flexibility index (Phi) is 4.25. The molecule has 0 saturated heterocycles. The molecule has 0 unspecified atom stereocenters. The summed E-state index contributed by atoms with van der Waals surface area (Å²) in [5.74, 6) is -0.285. The minimum Gasteiger partial charge on any atom is -0.363 e. The van der Waals surface area contributed by atoms with Gasteiger partial charge in [-0.15, -0.1) is 0 Å². The van der Waals surface area contributed by atoms with E-state index in [1.807, 2.05) is 0 Å². The molecule has 0 radical (unpaired) electrons. The summed E-state index contributed by atoms with van der Waals surface area (Å²) in [5, 5.41) is 0. The number of primary amides is 1. The number of ether oxygens (including phenoxy) is 1. The van der Waals surface area contributed by atoms with Crippen LogP contribution in [0.4, 0.5) is 0 Å². The van der Waals surface area contributed by atoms with Crippen molar-refractivity contribution >= 4 is 14.0 Å². The molecule has 0 fully saturated rings. The highest BCUT2D eigenvalue weighted by Gasteiger charge is 2.13.